The quantitative estimate of drug-likeness (QED) is 0.745. The number of carbonyl (C=O) groups is 1. The van der Waals surface area contributed by atoms with E-state index < -0.39 is 12.6 Å². The van der Waals surface area contributed by atoms with Crippen LogP contribution in [0.1, 0.15) is 23.2 Å². The fourth-order valence-electron chi connectivity index (χ4n) is 1.33. The number of rotatable bonds is 5. The van der Waals surface area contributed by atoms with Gasteiger partial charge in [0.1, 0.15) is 5.75 Å². The van der Waals surface area contributed by atoms with Crippen molar-refractivity contribution in [2.24, 2.45) is 5.92 Å². The second-order valence-electron chi connectivity index (χ2n) is 3.94. The lowest BCUT2D eigenvalue weighted by Crippen LogP contribution is -2.08. The van der Waals surface area contributed by atoms with E-state index >= 15 is 0 Å². The number of esters is 1. The molecule has 1 aliphatic rings. The maximum absolute atomic E-state index is 11.9. The van der Waals surface area contributed by atoms with Gasteiger partial charge in [-0.3, -0.25) is 0 Å². The van der Waals surface area contributed by atoms with Crippen LogP contribution in [0.5, 0.6) is 5.75 Å². The summed E-state index contributed by atoms with van der Waals surface area (Å²) in [5, 5.41) is 0. The van der Waals surface area contributed by atoms with Crippen LogP contribution in [0, 0.1) is 5.92 Å². The van der Waals surface area contributed by atoms with E-state index in [4.69, 9.17) is 4.74 Å². The summed E-state index contributed by atoms with van der Waals surface area (Å²) in [7, 11) is 0. The molecule has 17 heavy (non-hydrogen) atoms. The monoisotopic (exact) mass is 242 g/mol. The first kappa shape index (κ1) is 11.8. The molecule has 0 radical (unpaired) electrons. The summed E-state index contributed by atoms with van der Waals surface area (Å²) in [5.41, 5.74) is 0.340. The third-order valence-electron chi connectivity index (χ3n) is 2.46. The second-order valence-corrected chi connectivity index (χ2v) is 3.94. The van der Waals surface area contributed by atoms with E-state index in [-0.39, 0.29) is 5.75 Å². The van der Waals surface area contributed by atoms with Gasteiger partial charge in [-0.2, -0.15) is 8.78 Å². The number of halogens is 2. The largest absolute Gasteiger partial charge is 0.462 e. The molecule has 0 N–H and O–H groups in total. The van der Waals surface area contributed by atoms with Gasteiger partial charge in [0, 0.05) is 0 Å². The molecule has 0 spiro atoms. The zero-order chi connectivity index (χ0) is 12.3. The molecule has 0 amide bonds. The number of hydrogen-bond donors (Lipinski definition) is 0. The Bertz CT molecular complexity index is 385. The van der Waals surface area contributed by atoms with Crippen molar-refractivity contribution in [1.82, 2.24) is 0 Å². The molecule has 0 aliphatic heterocycles. The van der Waals surface area contributed by atoms with Gasteiger partial charge < -0.3 is 9.47 Å². The Labute approximate surface area is 97.3 Å². The van der Waals surface area contributed by atoms with Crippen molar-refractivity contribution < 1.29 is 23.0 Å². The first-order chi connectivity index (χ1) is 8.15. The fourth-order valence-corrected chi connectivity index (χ4v) is 1.33. The Morgan fingerprint density at radius 1 is 1.29 bits per heavy atom. The van der Waals surface area contributed by atoms with E-state index in [9.17, 15) is 13.6 Å². The van der Waals surface area contributed by atoms with E-state index in [1.165, 1.54) is 24.3 Å². The van der Waals surface area contributed by atoms with Crippen molar-refractivity contribution in [3.8, 4) is 5.75 Å². The lowest BCUT2D eigenvalue weighted by atomic mass is 10.2. The molecule has 5 heteroatoms. The zero-order valence-corrected chi connectivity index (χ0v) is 9.07. The van der Waals surface area contributed by atoms with Gasteiger partial charge in [-0.15, -0.1) is 0 Å². The third kappa shape index (κ3) is 3.69. The van der Waals surface area contributed by atoms with Crippen molar-refractivity contribution in [2.75, 3.05) is 6.61 Å². The minimum absolute atomic E-state index is 0.0266. The Morgan fingerprint density at radius 2 is 1.94 bits per heavy atom. The van der Waals surface area contributed by atoms with Crippen LogP contribution in [0.25, 0.3) is 0 Å². The van der Waals surface area contributed by atoms with Gasteiger partial charge in [0.25, 0.3) is 0 Å². The number of alkyl halides is 2. The van der Waals surface area contributed by atoms with Gasteiger partial charge in [-0.05, 0) is 43.0 Å². The Kier molecular flexibility index (Phi) is 3.56. The van der Waals surface area contributed by atoms with E-state index in [2.05, 4.69) is 4.74 Å². The van der Waals surface area contributed by atoms with E-state index in [0.717, 1.165) is 12.8 Å². The van der Waals surface area contributed by atoms with E-state index in [1.54, 1.807) is 0 Å². The molecule has 1 aromatic rings. The van der Waals surface area contributed by atoms with Crippen molar-refractivity contribution in [3.63, 3.8) is 0 Å². The van der Waals surface area contributed by atoms with Crippen LogP contribution < -0.4 is 4.74 Å². The highest BCUT2D eigenvalue weighted by Gasteiger charge is 2.23. The van der Waals surface area contributed by atoms with E-state index in [0.29, 0.717) is 18.1 Å². The molecular weight excluding hydrogens is 230 g/mol. The summed E-state index contributed by atoms with van der Waals surface area (Å²) >= 11 is 0. The molecular formula is C12H12F2O3. The molecule has 0 unspecified atom stereocenters. The average molecular weight is 242 g/mol. The highest BCUT2D eigenvalue weighted by atomic mass is 19.3. The maximum atomic E-state index is 11.9. The van der Waals surface area contributed by atoms with Crippen LogP contribution in [0.3, 0.4) is 0 Å². The highest BCUT2D eigenvalue weighted by molar-refractivity contribution is 5.89. The molecule has 0 heterocycles. The van der Waals surface area contributed by atoms with Crippen LogP contribution in [0.2, 0.25) is 0 Å². The summed E-state index contributed by atoms with van der Waals surface area (Å²) in [6.07, 6.45) is 2.21. The van der Waals surface area contributed by atoms with Crippen LogP contribution >= 0.6 is 0 Å². The lowest BCUT2D eigenvalue weighted by molar-refractivity contribution is -0.0498. The molecule has 0 bridgehead atoms. The minimum Gasteiger partial charge on any atom is -0.462 e. The third-order valence-corrected chi connectivity index (χ3v) is 2.46. The fraction of sp³-hybridized carbons (Fsp3) is 0.417. The standard InChI is InChI=1S/C12H12F2O3/c13-12(14)17-10-5-3-9(4-6-10)11(15)16-7-8-1-2-8/h3-6,8,12H,1-2,7H2. The molecule has 1 saturated carbocycles. The minimum atomic E-state index is -2.86. The predicted molar refractivity (Wildman–Crippen MR) is 56.1 cm³/mol. The lowest BCUT2D eigenvalue weighted by Gasteiger charge is -2.06. The number of carbonyl (C=O) groups excluding carboxylic acids is 1. The topological polar surface area (TPSA) is 35.5 Å². The Hall–Kier alpha value is -1.65. The maximum Gasteiger partial charge on any atom is 0.387 e. The van der Waals surface area contributed by atoms with Gasteiger partial charge in [0.2, 0.25) is 0 Å². The Balaban J connectivity index is 1.89. The molecule has 0 atom stereocenters. The molecule has 3 nitrogen and oxygen atoms in total. The first-order valence-electron chi connectivity index (χ1n) is 5.37. The number of ether oxygens (including phenoxy) is 2. The summed E-state index contributed by atoms with van der Waals surface area (Å²) < 4.78 is 33.0. The van der Waals surface area contributed by atoms with Gasteiger partial charge in [0.05, 0.1) is 12.2 Å². The summed E-state index contributed by atoms with van der Waals surface area (Å²) in [4.78, 5) is 11.5. The number of benzene rings is 1. The highest BCUT2D eigenvalue weighted by Crippen LogP contribution is 2.29. The normalized spacial score (nSPS) is 14.8. The van der Waals surface area contributed by atoms with Crippen molar-refractivity contribution in [2.45, 2.75) is 19.5 Å². The smallest absolute Gasteiger partial charge is 0.387 e. The van der Waals surface area contributed by atoms with Gasteiger partial charge in [-0.1, -0.05) is 0 Å². The average Bonchev–Trinajstić information content (AvgIpc) is 3.10. The van der Waals surface area contributed by atoms with Crippen molar-refractivity contribution in [1.29, 1.82) is 0 Å². The summed E-state index contributed by atoms with van der Waals surface area (Å²) in [5.74, 6) is 0.0969. The SMILES string of the molecule is O=C(OCC1CC1)c1ccc(OC(F)F)cc1. The van der Waals surface area contributed by atoms with E-state index in [1.807, 2.05) is 0 Å². The molecule has 1 fully saturated rings. The Morgan fingerprint density at radius 3 is 2.47 bits per heavy atom. The van der Waals surface area contributed by atoms with Gasteiger partial charge in [0.15, 0.2) is 0 Å². The molecule has 1 aromatic carbocycles. The first-order valence-corrected chi connectivity index (χ1v) is 5.37. The van der Waals surface area contributed by atoms with Crippen molar-refractivity contribution in [3.05, 3.63) is 29.8 Å². The van der Waals surface area contributed by atoms with Gasteiger partial charge in [-0.25, -0.2) is 4.79 Å². The predicted octanol–water partition coefficient (Wildman–Crippen LogP) is 2.85. The summed E-state index contributed by atoms with van der Waals surface area (Å²) in [6, 6.07) is 5.46. The van der Waals surface area contributed by atoms with Crippen LogP contribution in [-0.4, -0.2) is 19.2 Å². The molecule has 2 rings (SSSR count). The molecule has 0 aromatic heterocycles. The summed E-state index contributed by atoms with van der Waals surface area (Å²) in [6.45, 7) is -2.42. The molecule has 92 valence electrons. The zero-order valence-electron chi connectivity index (χ0n) is 9.07. The van der Waals surface area contributed by atoms with Crippen LogP contribution in [0.4, 0.5) is 8.78 Å². The molecule has 1 aliphatic carbocycles. The molecule has 0 saturated heterocycles. The van der Waals surface area contributed by atoms with Crippen LogP contribution in [-0.2, 0) is 4.74 Å². The second kappa shape index (κ2) is 5.12. The van der Waals surface area contributed by atoms with Crippen molar-refractivity contribution >= 4 is 5.97 Å². The van der Waals surface area contributed by atoms with Crippen LogP contribution in [0.15, 0.2) is 24.3 Å². The number of hydrogen-bond acceptors (Lipinski definition) is 3. The van der Waals surface area contributed by atoms with Gasteiger partial charge >= 0.3 is 12.6 Å².